The summed E-state index contributed by atoms with van der Waals surface area (Å²) in [5.74, 6) is 0.00166. The van der Waals surface area contributed by atoms with Crippen LogP contribution in [0.15, 0.2) is 17.1 Å². The summed E-state index contributed by atoms with van der Waals surface area (Å²) in [6, 6.07) is 1.35. The van der Waals surface area contributed by atoms with Gasteiger partial charge in [0.05, 0.1) is 17.8 Å². The lowest BCUT2D eigenvalue weighted by atomic mass is 10.1. The number of hydrogen-bond donors (Lipinski definition) is 2. The van der Waals surface area contributed by atoms with E-state index in [1.165, 1.54) is 12.3 Å². The number of aliphatic hydroxyl groups excluding tert-OH is 1. The van der Waals surface area contributed by atoms with Gasteiger partial charge >= 0.3 is 5.69 Å². The molecule has 1 saturated heterocycles. The summed E-state index contributed by atoms with van der Waals surface area (Å²) >= 11 is 0. The molecule has 0 aromatic carbocycles. The van der Waals surface area contributed by atoms with Crippen LogP contribution in [0.1, 0.15) is 47.8 Å². The fraction of sp³-hybridized carbons (Fsp3) is 0.765. The van der Waals surface area contributed by atoms with Gasteiger partial charge in [0.1, 0.15) is 24.1 Å². The largest absolute Gasteiger partial charge is 0.756 e. The fourth-order valence-corrected chi connectivity index (χ4v) is 3.94. The van der Waals surface area contributed by atoms with Crippen molar-refractivity contribution >= 4 is 13.6 Å². The van der Waals surface area contributed by atoms with Crippen molar-refractivity contribution in [2.24, 2.45) is 0 Å². The van der Waals surface area contributed by atoms with E-state index >= 15 is 0 Å². The first-order valence-electron chi connectivity index (χ1n) is 9.10. The van der Waals surface area contributed by atoms with Crippen molar-refractivity contribution in [3.63, 3.8) is 0 Å². The normalized spacial score (nSPS) is 27.7. The first-order chi connectivity index (χ1) is 13.1. The molecule has 3 N–H and O–H groups in total. The van der Waals surface area contributed by atoms with Crippen LogP contribution in [-0.4, -0.2) is 50.8 Å². The van der Waals surface area contributed by atoms with Gasteiger partial charge in [0.2, 0.25) is 0 Å². The molecule has 12 heteroatoms. The molecule has 0 amide bonds. The third-order valence-corrected chi connectivity index (χ3v) is 5.03. The van der Waals surface area contributed by atoms with Gasteiger partial charge < -0.3 is 34.3 Å². The van der Waals surface area contributed by atoms with Gasteiger partial charge in [-0.3, -0.25) is 9.13 Å². The Bertz CT molecular complexity index is 816. The number of hydrogen-bond acceptors (Lipinski definition) is 10. The van der Waals surface area contributed by atoms with E-state index < -0.39 is 49.3 Å². The van der Waals surface area contributed by atoms with E-state index in [1.54, 1.807) is 41.5 Å². The molecule has 0 aliphatic carbocycles. The van der Waals surface area contributed by atoms with Crippen molar-refractivity contribution in [2.45, 2.75) is 77.3 Å². The highest BCUT2D eigenvalue weighted by Gasteiger charge is 2.48. The molecule has 2 rings (SSSR count). The highest BCUT2D eigenvalue weighted by molar-refractivity contribution is 7.45. The van der Waals surface area contributed by atoms with Crippen LogP contribution in [0.25, 0.3) is 0 Å². The Morgan fingerprint density at radius 1 is 1.31 bits per heavy atom. The van der Waals surface area contributed by atoms with Crippen molar-refractivity contribution < 1.29 is 33.1 Å². The van der Waals surface area contributed by atoms with Gasteiger partial charge in [0, 0.05) is 6.20 Å². The van der Waals surface area contributed by atoms with E-state index in [4.69, 9.17) is 24.3 Å². The fourth-order valence-electron chi connectivity index (χ4n) is 2.67. The van der Waals surface area contributed by atoms with E-state index in [1.807, 2.05) is 0 Å². The number of rotatable bonds is 6. The molecule has 0 spiro atoms. The Hall–Kier alpha value is -1.33. The van der Waals surface area contributed by atoms with Crippen LogP contribution in [0, 0.1) is 0 Å². The molecule has 1 fully saturated rings. The average Bonchev–Trinajstić information content (AvgIpc) is 2.78. The Labute approximate surface area is 169 Å². The summed E-state index contributed by atoms with van der Waals surface area (Å²) in [6.45, 7) is 9.97. The van der Waals surface area contributed by atoms with Crippen LogP contribution in [0.3, 0.4) is 0 Å². The van der Waals surface area contributed by atoms with Crippen molar-refractivity contribution in [1.82, 2.24) is 9.55 Å². The van der Waals surface area contributed by atoms with Crippen LogP contribution >= 0.6 is 7.82 Å². The van der Waals surface area contributed by atoms with Crippen LogP contribution in [0.5, 0.6) is 0 Å². The van der Waals surface area contributed by atoms with E-state index in [0.717, 1.165) is 4.57 Å². The predicted octanol–water partition coefficient (Wildman–Crippen LogP) is 0.568. The maximum Gasteiger partial charge on any atom is 0.351 e. The number of nitrogen functional groups attached to an aromatic ring is 1. The second-order valence-electron chi connectivity index (χ2n) is 8.74. The second kappa shape index (κ2) is 8.43. The average molecular weight is 434 g/mol. The topological polar surface area (TPSA) is 158 Å². The minimum Gasteiger partial charge on any atom is -0.756 e. The molecule has 29 heavy (non-hydrogen) atoms. The van der Waals surface area contributed by atoms with Crippen molar-refractivity contribution in [3.8, 4) is 0 Å². The Morgan fingerprint density at radius 3 is 2.45 bits per heavy atom. The standard InChI is InChI=1S/C17H30N3O8P/c1-16(2,3)25-9-10-13(27-29(23,24)28-17(4,5)6)12(21)14(26-10)20-8-7-11(18)19-15(20)22/h7-8,10,12-14,21H,9H2,1-6H3,(H,23,24)(H2,18,19,22)/p-1/t10-,12+,13?,14-/m1/s1. The number of ether oxygens (including phenoxy) is 2. The van der Waals surface area contributed by atoms with Gasteiger partial charge in [0.15, 0.2) is 6.23 Å². The molecule has 1 aromatic rings. The summed E-state index contributed by atoms with van der Waals surface area (Å²) in [5.41, 5.74) is 3.14. The lowest BCUT2D eigenvalue weighted by Gasteiger charge is -2.34. The van der Waals surface area contributed by atoms with E-state index in [-0.39, 0.29) is 12.4 Å². The summed E-state index contributed by atoms with van der Waals surface area (Å²) in [4.78, 5) is 28.1. The maximum absolute atomic E-state index is 12.3. The number of anilines is 1. The minimum absolute atomic E-state index is 0.00166. The Balaban J connectivity index is 2.31. The SMILES string of the molecule is CC(C)(C)OC[C@H]1O[C@@H](n2ccc(N)nc2=O)[C@@H](O)C1OP(=O)([O-])OC(C)(C)C. The third kappa shape index (κ3) is 6.85. The summed E-state index contributed by atoms with van der Waals surface area (Å²) < 4.78 is 34.9. The molecule has 0 radical (unpaired) electrons. The second-order valence-corrected chi connectivity index (χ2v) is 10.0. The number of phosphoric acid groups is 1. The summed E-state index contributed by atoms with van der Waals surface area (Å²) in [6.07, 6.45) is -3.83. The first-order valence-corrected chi connectivity index (χ1v) is 10.6. The molecule has 0 saturated carbocycles. The molecule has 1 aliphatic rings. The van der Waals surface area contributed by atoms with Crippen LogP contribution < -0.4 is 16.3 Å². The summed E-state index contributed by atoms with van der Waals surface area (Å²) in [5, 5.41) is 10.7. The smallest absolute Gasteiger partial charge is 0.351 e. The number of aromatic nitrogens is 2. The zero-order valence-corrected chi connectivity index (χ0v) is 18.3. The van der Waals surface area contributed by atoms with Crippen molar-refractivity contribution in [3.05, 3.63) is 22.7 Å². The van der Waals surface area contributed by atoms with E-state index in [2.05, 4.69) is 4.98 Å². The molecule has 0 bridgehead atoms. The lowest BCUT2D eigenvalue weighted by molar-refractivity contribution is -0.242. The van der Waals surface area contributed by atoms with Gasteiger partial charge in [-0.15, -0.1) is 0 Å². The number of aliphatic hydroxyl groups is 1. The molecular weight excluding hydrogens is 405 g/mol. The highest BCUT2D eigenvalue weighted by atomic mass is 31.2. The lowest BCUT2D eigenvalue weighted by Crippen LogP contribution is -2.40. The molecular formula is C17H29N3O8P-. The Morgan fingerprint density at radius 2 is 1.93 bits per heavy atom. The van der Waals surface area contributed by atoms with Crippen LogP contribution in [-0.2, 0) is 23.1 Å². The highest BCUT2D eigenvalue weighted by Crippen LogP contribution is 2.47. The number of phosphoric ester groups is 1. The van der Waals surface area contributed by atoms with Gasteiger partial charge in [-0.1, -0.05) is 0 Å². The van der Waals surface area contributed by atoms with Gasteiger partial charge in [0.25, 0.3) is 7.82 Å². The molecule has 2 unspecified atom stereocenters. The molecule has 2 heterocycles. The summed E-state index contributed by atoms with van der Waals surface area (Å²) in [7, 11) is -4.81. The first kappa shape index (κ1) is 23.9. The van der Waals surface area contributed by atoms with Crippen LogP contribution in [0.2, 0.25) is 0 Å². The molecule has 5 atom stereocenters. The van der Waals surface area contributed by atoms with Gasteiger partial charge in [-0.2, -0.15) is 4.98 Å². The van der Waals surface area contributed by atoms with Crippen molar-refractivity contribution in [1.29, 1.82) is 0 Å². The van der Waals surface area contributed by atoms with E-state index in [0.29, 0.717) is 0 Å². The third-order valence-electron chi connectivity index (χ3n) is 3.75. The van der Waals surface area contributed by atoms with E-state index in [9.17, 15) is 19.4 Å². The zero-order valence-electron chi connectivity index (χ0n) is 17.4. The molecule has 1 aliphatic heterocycles. The van der Waals surface area contributed by atoms with Gasteiger partial charge in [-0.25, -0.2) is 4.79 Å². The predicted molar refractivity (Wildman–Crippen MR) is 102 cm³/mol. The molecule has 1 aromatic heterocycles. The number of nitrogens with two attached hydrogens (primary N) is 1. The zero-order chi connectivity index (χ0) is 22.2. The molecule has 11 nitrogen and oxygen atoms in total. The maximum atomic E-state index is 12.3. The monoisotopic (exact) mass is 434 g/mol. The molecule has 166 valence electrons. The van der Waals surface area contributed by atoms with Crippen LogP contribution in [0.4, 0.5) is 5.82 Å². The van der Waals surface area contributed by atoms with Gasteiger partial charge in [-0.05, 0) is 47.6 Å². The minimum atomic E-state index is -4.81. The Kier molecular flexibility index (Phi) is 6.96. The quantitative estimate of drug-likeness (QED) is 0.606. The van der Waals surface area contributed by atoms with Crippen molar-refractivity contribution in [2.75, 3.05) is 12.3 Å². The number of nitrogens with zero attached hydrogens (tertiary/aromatic N) is 2.